The van der Waals surface area contributed by atoms with Crippen molar-refractivity contribution in [1.82, 2.24) is 0 Å². The molecule has 0 saturated heterocycles. The first-order valence-corrected chi connectivity index (χ1v) is 6.95. The van der Waals surface area contributed by atoms with Crippen LogP contribution in [-0.4, -0.2) is 11.6 Å². The standard InChI is InChI=1S/C15H26O2/c1-4-6-7-8-13-9-11-15(3,12-10-13)17-14(16)5-2/h5,13H,2,4,6-12H2,1,3H3. The van der Waals surface area contributed by atoms with E-state index in [9.17, 15) is 4.79 Å². The Hall–Kier alpha value is -0.790. The Labute approximate surface area is 105 Å². The highest BCUT2D eigenvalue weighted by Crippen LogP contribution is 2.36. The lowest BCUT2D eigenvalue weighted by Gasteiger charge is -2.36. The van der Waals surface area contributed by atoms with E-state index in [1.807, 2.05) is 0 Å². The normalized spacial score (nSPS) is 28.7. The van der Waals surface area contributed by atoms with E-state index in [-0.39, 0.29) is 11.6 Å². The number of unbranched alkanes of at least 4 members (excludes halogenated alkanes) is 2. The molecule has 17 heavy (non-hydrogen) atoms. The van der Waals surface area contributed by atoms with Crippen LogP contribution in [0.5, 0.6) is 0 Å². The van der Waals surface area contributed by atoms with E-state index in [4.69, 9.17) is 4.74 Å². The summed E-state index contributed by atoms with van der Waals surface area (Å²) in [6, 6.07) is 0. The molecule has 1 rings (SSSR count). The first kappa shape index (κ1) is 14.3. The largest absolute Gasteiger partial charge is 0.456 e. The van der Waals surface area contributed by atoms with Crippen LogP contribution in [-0.2, 0) is 9.53 Å². The van der Waals surface area contributed by atoms with Crippen molar-refractivity contribution in [3.63, 3.8) is 0 Å². The van der Waals surface area contributed by atoms with Gasteiger partial charge in [-0.05, 0) is 38.5 Å². The fourth-order valence-corrected chi connectivity index (χ4v) is 2.65. The second kappa shape index (κ2) is 6.83. The van der Waals surface area contributed by atoms with E-state index in [0.717, 1.165) is 18.8 Å². The average Bonchev–Trinajstić information content (AvgIpc) is 2.32. The van der Waals surface area contributed by atoms with Crippen molar-refractivity contribution in [3.05, 3.63) is 12.7 Å². The molecule has 0 unspecified atom stereocenters. The van der Waals surface area contributed by atoms with E-state index < -0.39 is 0 Å². The zero-order chi connectivity index (χ0) is 12.7. The highest BCUT2D eigenvalue weighted by molar-refractivity contribution is 5.81. The van der Waals surface area contributed by atoms with Crippen LogP contribution >= 0.6 is 0 Å². The van der Waals surface area contributed by atoms with Gasteiger partial charge in [-0.1, -0.05) is 39.2 Å². The van der Waals surface area contributed by atoms with Crippen molar-refractivity contribution in [3.8, 4) is 0 Å². The predicted octanol–water partition coefficient (Wildman–Crippen LogP) is 4.24. The SMILES string of the molecule is C=CC(=O)OC1(C)CCC(CCCCC)CC1. The van der Waals surface area contributed by atoms with Crippen molar-refractivity contribution < 1.29 is 9.53 Å². The molecule has 1 aliphatic rings. The molecule has 0 aromatic rings. The van der Waals surface area contributed by atoms with Crippen molar-refractivity contribution >= 4 is 5.97 Å². The third kappa shape index (κ3) is 4.93. The van der Waals surface area contributed by atoms with Crippen LogP contribution in [0.15, 0.2) is 12.7 Å². The Morgan fingerprint density at radius 1 is 1.41 bits per heavy atom. The molecule has 0 bridgehead atoms. The number of carbonyl (C=O) groups is 1. The average molecular weight is 238 g/mol. The van der Waals surface area contributed by atoms with Crippen LogP contribution < -0.4 is 0 Å². The minimum atomic E-state index is -0.281. The highest BCUT2D eigenvalue weighted by Gasteiger charge is 2.33. The summed E-state index contributed by atoms with van der Waals surface area (Å²) in [4.78, 5) is 11.2. The van der Waals surface area contributed by atoms with Crippen LogP contribution in [0.3, 0.4) is 0 Å². The van der Waals surface area contributed by atoms with Gasteiger partial charge in [-0.2, -0.15) is 0 Å². The molecule has 0 radical (unpaired) electrons. The molecule has 0 aromatic heterocycles. The Bertz CT molecular complexity index is 250. The van der Waals surface area contributed by atoms with Crippen LogP contribution in [0.2, 0.25) is 0 Å². The molecule has 2 heteroatoms. The number of esters is 1. The van der Waals surface area contributed by atoms with Crippen molar-refractivity contribution in [1.29, 1.82) is 0 Å². The van der Waals surface area contributed by atoms with E-state index in [2.05, 4.69) is 20.4 Å². The van der Waals surface area contributed by atoms with Gasteiger partial charge in [0.15, 0.2) is 0 Å². The van der Waals surface area contributed by atoms with Gasteiger partial charge in [0.25, 0.3) is 0 Å². The second-order valence-electron chi connectivity index (χ2n) is 5.51. The minimum Gasteiger partial charge on any atom is -0.456 e. The Morgan fingerprint density at radius 2 is 2.06 bits per heavy atom. The number of carbonyl (C=O) groups excluding carboxylic acids is 1. The summed E-state index contributed by atoms with van der Waals surface area (Å²) in [6.07, 6.45) is 11.0. The van der Waals surface area contributed by atoms with Crippen molar-refractivity contribution in [2.75, 3.05) is 0 Å². The molecule has 0 N–H and O–H groups in total. The smallest absolute Gasteiger partial charge is 0.330 e. The van der Waals surface area contributed by atoms with Crippen LogP contribution in [0, 0.1) is 5.92 Å². The van der Waals surface area contributed by atoms with Gasteiger partial charge in [0.2, 0.25) is 0 Å². The first-order chi connectivity index (χ1) is 8.09. The lowest BCUT2D eigenvalue weighted by Crippen LogP contribution is -2.35. The van der Waals surface area contributed by atoms with Crippen LogP contribution in [0.25, 0.3) is 0 Å². The summed E-state index contributed by atoms with van der Waals surface area (Å²) >= 11 is 0. The summed E-state index contributed by atoms with van der Waals surface area (Å²) in [6.45, 7) is 7.74. The van der Waals surface area contributed by atoms with Crippen molar-refractivity contribution in [2.24, 2.45) is 5.92 Å². The Morgan fingerprint density at radius 3 is 2.59 bits per heavy atom. The molecule has 0 atom stereocenters. The van der Waals surface area contributed by atoms with Gasteiger partial charge in [0, 0.05) is 6.08 Å². The Balaban J connectivity index is 2.28. The zero-order valence-corrected chi connectivity index (χ0v) is 11.3. The van der Waals surface area contributed by atoms with Crippen molar-refractivity contribution in [2.45, 2.75) is 70.8 Å². The number of ether oxygens (including phenoxy) is 1. The molecular weight excluding hydrogens is 212 g/mol. The molecule has 0 amide bonds. The van der Waals surface area contributed by atoms with Crippen LogP contribution in [0.4, 0.5) is 0 Å². The van der Waals surface area contributed by atoms with Gasteiger partial charge in [-0.25, -0.2) is 4.79 Å². The van der Waals surface area contributed by atoms with Crippen LogP contribution in [0.1, 0.15) is 65.2 Å². The molecule has 0 aromatic carbocycles. The first-order valence-electron chi connectivity index (χ1n) is 6.95. The summed E-state index contributed by atoms with van der Waals surface area (Å²) in [7, 11) is 0. The monoisotopic (exact) mass is 238 g/mol. The molecule has 1 fully saturated rings. The topological polar surface area (TPSA) is 26.3 Å². The van der Waals surface area contributed by atoms with Gasteiger partial charge in [-0.3, -0.25) is 0 Å². The quantitative estimate of drug-likeness (QED) is 0.393. The lowest BCUT2D eigenvalue weighted by molar-refractivity contribution is -0.155. The summed E-state index contributed by atoms with van der Waals surface area (Å²) in [5.41, 5.74) is -0.244. The van der Waals surface area contributed by atoms with E-state index in [0.29, 0.717) is 0 Å². The zero-order valence-electron chi connectivity index (χ0n) is 11.3. The number of rotatable bonds is 6. The fraction of sp³-hybridized carbons (Fsp3) is 0.800. The molecule has 0 aliphatic heterocycles. The Kier molecular flexibility index (Phi) is 5.73. The lowest BCUT2D eigenvalue weighted by atomic mass is 9.78. The van der Waals surface area contributed by atoms with Gasteiger partial charge in [0.05, 0.1) is 0 Å². The molecule has 98 valence electrons. The molecule has 1 saturated carbocycles. The fourth-order valence-electron chi connectivity index (χ4n) is 2.65. The third-order valence-electron chi connectivity index (χ3n) is 3.89. The molecule has 1 aliphatic carbocycles. The highest BCUT2D eigenvalue weighted by atomic mass is 16.6. The minimum absolute atomic E-state index is 0.244. The van der Waals surface area contributed by atoms with E-state index in [1.54, 1.807) is 0 Å². The maximum absolute atomic E-state index is 11.2. The maximum Gasteiger partial charge on any atom is 0.330 e. The van der Waals surface area contributed by atoms with Gasteiger partial charge >= 0.3 is 5.97 Å². The van der Waals surface area contributed by atoms with Gasteiger partial charge in [-0.15, -0.1) is 0 Å². The number of hydrogen-bond acceptors (Lipinski definition) is 2. The summed E-state index contributed by atoms with van der Waals surface area (Å²) < 4.78 is 5.44. The predicted molar refractivity (Wildman–Crippen MR) is 70.8 cm³/mol. The molecule has 0 heterocycles. The van der Waals surface area contributed by atoms with Gasteiger partial charge in [0.1, 0.15) is 5.60 Å². The molecular formula is C15H26O2. The summed E-state index contributed by atoms with van der Waals surface area (Å²) in [5.74, 6) is 0.564. The third-order valence-corrected chi connectivity index (χ3v) is 3.89. The summed E-state index contributed by atoms with van der Waals surface area (Å²) in [5, 5.41) is 0. The van der Waals surface area contributed by atoms with E-state index in [1.165, 1.54) is 44.6 Å². The number of hydrogen-bond donors (Lipinski definition) is 0. The molecule has 2 nitrogen and oxygen atoms in total. The van der Waals surface area contributed by atoms with E-state index >= 15 is 0 Å². The maximum atomic E-state index is 11.2. The second-order valence-corrected chi connectivity index (χ2v) is 5.51. The van der Waals surface area contributed by atoms with Gasteiger partial charge < -0.3 is 4.74 Å². The molecule has 0 spiro atoms.